The largest absolute Gasteiger partial charge is 0.326 e. The van der Waals surface area contributed by atoms with Crippen LogP contribution in [0.2, 0.25) is 0 Å². The summed E-state index contributed by atoms with van der Waals surface area (Å²) in [5.74, 6) is -0.0795. The van der Waals surface area contributed by atoms with E-state index in [9.17, 15) is 14.4 Å². The highest BCUT2D eigenvalue weighted by atomic mass is 16.2. The zero-order valence-corrected chi connectivity index (χ0v) is 15.9. The standard InChI is InChI=1S/C23H24N2O3/c26-21(18-10-9-16-4-1-5-17(16)14-18)11-12-22(27)24-19-6-2-7-20(15-19)25-13-3-8-23(25)28/h2,6-7,9-10,14-15H,1,3-5,8,11-13H2,(H,24,27). The molecule has 0 radical (unpaired) electrons. The number of nitrogens with one attached hydrogen (secondary N) is 1. The summed E-state index contributed by atoms with van der Waals surface area (Å²) in [7, 11) is 0. The normalized spacial score (nSPS) is 15.6. The fraction of sp³-hybridized carbons (Fsp3) is 0.348. The Balaban J connectivity index is 1.33. The lowest BCUT2D eigenvalue weighted by Gasteiger charge is -2.16. The van der Waals surface area contributed by atoms with Crippen LogP contribution in [0.4, 0.5) is 11.4 Å². The molecule has 1 saturated heterocycles. The number of hydrogen-bond donors (Lipinski definition) is 1. The van der Waals surface area contributed by atoms with Crippen molar-refractivity contribution in [1.82, 2.24) is 0 Å². The topological polar surface area (TPSA) is 66.5 Å². The van der Waals surface area contributed by atoms with E-state index in [0.29, 0.717) is 24.2 Å². The maximum Gasteiger partial charge on any atom is 0.227 e. The van der Waals surface area contributed by atoms with Crippen molar-refractivity contribution in [3.8, 4) is 0 Å². The van der Waals surface area contributed by atoms with Gasteiger partial charge in [0.2, 0.25) is 11.8 Å². The molecule has 0 atom stereocenters. The summed E-state index contributed by atoms with van der Waals surface area (Å²) in [6.07, 6.45) is 5.04. The number of aryl methyl sites for hydroxylation is 2. The summed E-state index contributed by atoms with van der Waals surface area (Å²) >= 11 is 0. The van der Waals surface area contributed by atoms with E-state index in [2.05, 4.69) is 5.32 Å². The minimum absolute atomic E-state index is 0.00117. The van der Waals surface area contributed by atoms with Crippen molar-refractivity contribution < 1.29 is 14.4 Å². The van der Waals surface area contributed by atoms with Crippen LogP contribution in [0.5, 0.6) is 0 Å². The molecule has 2 aliphatic rings. The second kappa shape index (κ2) is 7.97. The maximum absolute atomic E-state index is 12.4. The number of carbonyl (C=O) groups excluding carboxylic acids is 3. The average molecular weight is 376 g/mol. The van der Waals surface area contributed by atoms with Gasteiger partial charge < -0.3 is 10.2 Å². The van der Waals surface area contributed by atoms with Gasteiger partial charge in [-0.05, 0) is 61.1 Å². The first-order valence-electron chi connectivity index (χ1n) is 9.95. The Labute approximate surface area is 164 Å². The minimum atomic E-state index is -0.195. The molecular formula is C23H24N2O3. The third-order valence-corrected chi connectivity index (χ3v) is 5.51. The van der Waals surface area contributed by atoms with Crippen molar-refractivity contribution >= 4 is 29.0 Å². The number of Topliss-reactive ketones (excluding diaryl/α,β-unsaturated/α-hetero) is 1. The van der Waals surface area contributed by atoms with Crippen LogP contribution in [0, 0.1) is 0 Å². The second-order valence-electron chi connectivity index (χ2n) is 7.51. The number of fused-ring (bicyclic) bond motifs is 1. The number of hydrogen-bond acceptors (Lipinski definition) is 3. The first-order valence-corrected chi connectivity index (χ1v) is 9.95. The number of amides is 2. The number of anilines is 2. The van der Waals surface area contributed by atoms with Crippen LogP contribution in [-0.4, -0.2) is 24.1 Å². The average Bonchev–Trinajstić information content (AvgIpc) is 3.34. The zero-order valence-electron chi connectivity index (χ0n) is 15.9. The summed E-state index contributed by atoms with van der Waals surface area (Å²) in [6, 6.07) is 13.2. The molecule has 2 aromatic carbocycles. The number of benzene rings is 2. The Morgan fingerprint density at radius 3 is 2.61 bits per heavy atom. The van der Waals surface area contributed by atoms with E-state index < -0.39 is 0 Å². The molecule has 0 bridgehead atoms. The van der Waals surface area contributed by atoms with Crippen molar-refractivity contribution in [2.45, 2.75) is 44.9 Å². The first kappa shape index (κ1) is 18.4. The molecule has 0 saturated carbocycles. The summed E-state index contributed by atoms with van der Waals surface area (Å²) in [4.78, 5) is 38.4. The summed E-state index contributed by atoms with van der Waals surface area (Å²) < 4.78 is 0. The summed E-state index contributed by atoms with van der Waals surface area (Å²) in [5, 5.41) is 2.84. The fourth-order valence-corrected chi connectivity index (χ4v) is 4.01. The van der Waals surface area contributed by atoms with E-state index in [0.717, 1.165) is 31.4 Å². The van der Waals surface area contributed by atoms with Gasteiger partial charge in [0.15, 0.2) is 5.78 Å². The molecule has 1 N–H and O–H groups in total. The van der Waals surface area contributed by atoms with E-state index in [1.165, 1.54) is 11.1 Å². The predicted molar refractivity (Wildman–Crippen MR) is 109 cm³/mol. The lowest BCUT2D eigenvalue weighted by atomic mass is 10.0. The Hall–Kier alpha value is -2.95. The molecule has 144 valence electrons. The molecule has 0 aromatic heterocycles. The SMILES string of the molecule is O=C(CCC(=O)c1ccc2c(c1)CCC2)Nc1cccc(N2CCCC2=O)c1. The van der Waals surface area contributed by atoms with E-state index in [1.807, 2.05) is 36.4 Å². The quantitative estimate of drug-likeness (QED) is 0.778. The van der Waals surface area contributed by atoms with Gasteiger partial charge in [-0.1, -0.05) is 18.2 Å². The molecule has 1 aliphatic carbocycles. The van der Waals surface area contributed by atoms with Gasteiger partial charge in [-0.25, -0.2) is 0 Å². The van der Waals surface area contributed by atoms with E-state index in [-0.39, 0.29) is 30.4 Å². The Bertz CT molecular complexity index is 935. The van der Waals surface area contributed by atoms with E-state index in [4.69, 9.17) is 0 Å². The molecule has 1 fully saturated rings. The van der Waals surface area contributed by atoms with Crippen LogP contribution in [-0.2, 0) is 22.4 Å². The van der Waals surface area contributed by atoms with Crippen LogP contribution in [0.25, 0.3) is 0 Å². The molecule has 4 rings (SSSR count). The van der Waals surface area contributed by atoms with Crippen molar-refractivity contribution in [2.24, 2.45) is 0 Å². The number of rotatable bonds is 6. The fourth-order valence-electron chi connectivity index (χ4n) is 4.01. The molecule has 28 heavy (non-hydrogen) atoms. The molecule has 2 aromatic rings. The van der Waals surface area contributed by atoms with E-state index in [1.54, 1.807) is 11.0 Å². The van der Waals surface area contributed by atoms with Crippen LogP contribution in [0.3, 0.4) is 0 Å². The van der Waals surface area contributed by atoms with Crippen LogP contribution in [0.15, 0.2) is 42.5 Å². The molecule has 5 nitrogen and oxygen atoms in total. The smallest absolute Gasteiger partial charge is 0.227 e. The number of ketones is 1. The molecule has 2 amide bonds. The van der Waals surface area contributed by atoms with Gasteiger partial charge in [-0.15, -0.1) is 0 Å². The van der Waals surface area contributed by atoms with Crippen molar-refractivity contribution in [1.29, 1.82) is 0 Å². The molecular weight excluding hydrogens is 352 g/mol. The lowest BCUT2D eigenvalue weighted by molar-refractivity contribution is -0.117. The summed E-state index contributed by atoms with van der Waals surface area (Å²) in [5.41, 5.74) is 4.75. The van der Waals surface area contributed by atoms with Gasteiger partial charge in [-0.3, -0.25) is 14.4 Å². The van der Waals surface area contributed by atoms with E-state index >= 15 is 0 Å². The monoisotopic (exact) mass is 376 g/mol. The van der Waals surface area contributed by atoms with Gasteiger partial charge in [-0.2, -0.15) is 0 Å². The highest BCUT2D eigenvalue weighted by molar-refractivity contribution is 6.01. The first-order chi connectivity index (χ1) is 13.6. The van der Waals surface area contributed by atoms with Gasteiger partial charge in [0.25, 0.3) is 0 Å². The van der Waals surface area contributed by atoms with Crippen LogP contribution >= 0.6 is 0 Å². The predicted octanol–water partition coefficient (Wildman–Crippen LogP) is 3.90. The van der Waals surface area contributed by atoms with Crippen LogP contribution in [0.1, 0.15) is 53.6 Å². The molecule has 1 aliphatic heterocycles. The number of nitrogens with zero attached hydrogens (tertiary/aromatic N) is 1. The highest BCUT2D eigenvalue weighted by Crippen LogP contribution is 2.25. The second-order valence-corrected chi connectivity index (χ2v) is 7.51. The summed E-state index contributed by atoms with van der Waals surface area (Å²) in [6.45, 7) is 0.714. The molecule has 5 heteroatoms. The maximum atomic E-state index is 12.4. The lowest BCUT2D eigenvalue weighted by Crippen LogP contribution is -2.23. The third kappa shape index (κ3) is 3.98. The molecule has 0 spiro atoms. The van der Waals surface area contributed by atoms with Crippen molar-refractivity contribution in [3.05, 3.63) is 59.2 Å². The van der Waals surface area contributed by atoms with Crippen molar-refractivity contribution in [2.75, 3.05) is 16.8 Å². The Morgan fingerprint density at radius 1 is 0.929 bits per heavy atom. The highest BCUT2D eigenvalue weighted by Gasteiger charge is 2.22. The zero-order chi connectivity index (χ0) is 19.5. The third-order valence-electron chi connectivity index (χ3n) is 5.51. The van der Waals surface area contributed by atoms with Gasteiger partial charge in [0, 0.05) is 42.7 Å². The molecule has 0 unspecified atom stereocenters. The number of carbonyl (C=O) groups is 3. The van der Waals surface area contributed by atoms with Crippen molar-refractivity contribution in [3.63, 3.8) is 0 Å². The van der Waals surface area contributed by atoms with Gasteiger partial charge >= 0.3 is 0 Å². The van der Waals surface area contributed by atoms with Gasteiger partial charge in [0.1, 0.15) is 0 Å². The Kier molecular flexibility index (Phi) is 5.24. The minimum Gasteiger partial charge on any atom is -0.326 e. The molecule has 1 heterocycles. The van der Waals surface area contributed by atoms with Gasteiger partial charge in [0.05, 0.1) is 0 Å². The Morgan fingerprint density at radius 2 is 1.79 bits per heavy atom. The van der Waals surface area contributed by atoms with Crippen LogP contribution < -0.4 is 10.2 Å².